The van der Waals surface area contributed by atoms with E-state index in [-0.39, 0.29) is 5.56 Å². The molecule has 18 heavy (non-hydrogen) atoms. The molecule has 1 heterocycles. The van der Waals surface area contributed by atoms with Crippen LogP contribution in [-0.4, -0.2) is 35.5 Å². The van der Waals surface area contributed by atoms with E-state index in [1.54, 1.807) is 12.4 Å². The zero-order valence-electron chi connectivity index (χ0n) is 9.93. The first-order chi connectivity index (χ1) is 8.67. The number of carboxylic acid groups (broad SMARTS) is 1. The van der Waals surface area contributed by atoms with Crippen molar-refractivity contribution >= 4 is 5.97 Å². The molecule has 0 radical (unpaired) electrons. The van der Waals surface area contributed by atoms with E-state index in [0.717, 1.165) is 5.56 Å². The van der Waals surface area contributed by atoms with E-state index in [1.807, 2.05) is 0 Å². The first-order valence-corrected chi connectivity index (χ1v) is 5.16. The predicted molar refractivity (Wildman–Crippen MR) is 64.1 cm³/mol. The number of hydrogen-bond donors (Lipinski definition) is 2. The third kappa shape index (κ3) is 2.00. The van der Waals surface area contributed by atoms with Crippen LogP contribution in [0.3, 0.4) is 0 Å². The summed E-state index contributed by atoms with van der Waals surface area (Å²) in [4.78, 5) is 11.1. The Hall–Kier alpha value is -2.50. The fourth-order valence-corrected chi connectivity index (χ4v) is 1.70. The molecule has 1 aromatic heterocycles. The van der Waals surface area contributed by atoms with Crippen LogP contribution in [0.4, 0.5) is 0 Å². The number of nitrogens with zero attached hydrogens (tertiary/aromatic N) is 1. The van der Waals surface area contributed by atoms with Gasteiger partial charge in [0.2, 0.25) is 0 Å². The summed E-state index contributed by atoms with van der Waals surface area (Å²) in [6, 6.07) is 2.94. The van der Waals surface area contributed by atoms with Gasteiger partial charge in [0.05, 0.1) is 26.0 Å². The van der Waals surface area contributed by atoms with E-state index in [2.05, 4.69) is 10.2 Å². The first kappa shape index (κ1) is 12.0. The van der Waals surface area contributed by atoms with E-state index in [9.17, 15) is 4.79 Å². The molecule has 0 saturated heterocycles. The number of benzene rings is 1. The highest BCUT2D eigenvalue weighted by Gasteiger charge is 2.17. The lowest BCUT2D eigenvalue weighted by atomic mass is 10.0. The Balaban J connectivity index is 2.68. The van der Waals surface area contributed by atoms with Crippen LogP contribution in [0.1, 0.15) is 10.4 Å². The van der Waals surface area contributed by atoms with Crippen LogP contribution in [0.25, 0.3) is 11.1 Å². The van der Waals surface area contributed by atoms with Crippen LogP contribution in [0.15, 0.2) is 24.5 Å². The molecule has 1 aromatic carbocycles. The first-order valence-electron chi connectivity index (χ1n) is 5.16. The van der Waals surface area contributed by atoms with Gasteiger partial charge in [-0.1, -0.05) is 0 Å². The molecule has 2 aromatic rings. The number of aromatic carboxylic acids is 1. The summed E-state index contributed by atoms with van der Waals surface area (Å²) < 4.78 is 10.4. The molecule has 0 aliphatic rings. The minimum absolute atomic E-state index is 0.129. The zero-order chi connectivity index (χ0) is 13.1. The average Bonchev–Trinajstić information content (AvgIpc) is 2.90. The Morgan fingerprint density at radius 3 is 2.61 bits per heavy atom. The number of hydrogen-bond acceptors (Lipinski definition) is 4. The van der Waals surface area contributed by atoms with Crippen molar-refractivity contribution in [2.75, 3.05) is 14.2 Å². The summed E-state index contributed by atoms with van der Waals surface area (Å²) in [6.45, 7) is 0. The molecular formula is C12H12N2O4. The van der Waals surface area contributed by atoms with Gasteiger partial charge < -0.3 is 14.6 Å². The standard InChI is InChI=1S/C12H12N2O4/c1-17-10-4-7(12(15)16)3-9(11(10)18-2)8-5-13-14-6-8/h3-6H,1-2H3,(H,13,14)(H,15,16). The van der Waals surface area contributed by atoms with Crippen LogP contribution >= 0.6 is 0 Å². The highest BCUT2D eigenvalue weighted by Crippen LogP contribution is 2.38. The van der Waals surface area contributed by atoms with E-state index in [1.165, 1.54) is 26.4 Å². The smallest absolute Gasteiger partial charge is 0.335 e. The quantitative estimate of drug-likeness (QED) is 0.861. The lowest BCUT2D eigenvalue weighted by Gasteiger charge is -2.12. The third-order valence-electron chi connectivity index (χ3n) is 2.54. The molecule has 0 amide bonds. The Bertz CT molecular complexity index is 564. The molecule has 94 valence electrons. The van der Waals surface area contributed by atoms with Crippen molar-refractivity contribution < 1.29 is 19.4 Å². The minimum atomic E-state index is -1.03. The summed E-state index contributed by atoms with van der Waals surface area (Å²) in [5, 5.41) is 15.6. The molecule has 0 aliphatic carbocycles. The molecule has 0 spiro atoms. The Labute approximate surface area is 103 Å². The number of H-pyrrole nitrogens is 1. The molecule has 0 atom stereocenters. The lowest BCUT2D eigenvalue weighted by molar-refractivity contribution is 0.0696. The van der Waals surface area contributed by atoms with Crippen molar-refractivity contribution in [3.63, 3.8) is 0 Å². The van der Waals surface area contributed by atoms with E-state index < -0.39 is 5.97 Å². The second-order valence-electron chi connectivity index (χ2n) is 3.55. The summed E-state index contributed by atoms with van der Waals surface area (Å²) in [5.74, 6) is -0.182. The van der Waals surface area contributed by atoms with Gasteiger partial charge in [-0.3, -0.25) is 5.10 Å². The molecular weight excluding hydrogens is 236 g/mol. The second kappa shape index (κ2) is 4.79. The van der Waals surface area contributed by atoms with Gasteiger partial charge in [-0.15, -0.1) is 0 Å². The van der Waals surface area contributed by atoms with E-state index in [4.69, 9.17) is 14.6 Å². The largest absolute Gasteiger partial charge is 0.493 e. The van der Waals surface area contributed by atoms with Crippen LogP contribution in [0.5, 0.6) is 11.5 Å². The van der Waals surface area contributed by atoms with Gasteiger partial charge in [0.25, 0.3) is 0 Å². The Kier molecular flexibility index (Phi) is 3.18. The third-order valence-corrected chi connectivity index (χ3v) is 2.54. The van der Waals surface area contributed by atoms with Crippen molar-refractivity contribution in [3.8, 4) is 22.6 Å². The molecule has 0 fully saturated rings. The fourth-order valence-electron chi connectivity index (χ4n) is 1.70. The highest BCUT2D eigenvalue weighted by molar-refractivity contribution is 5.91. The van der Waals surface area contributed by atoms with Crippen molar-refractivity contribution in [2.24, 2.45) is 0 Å². The summed E-state index contributed by atoms with van der Waals surface area (Å²) >= 11 is 0. The van der Waals surface area contributed by atoms with Gasteiger partial charge >= 0.3 is 5.97 Å². The number of nitrogens with one attached hydrogen (secondary N) is 1. The van der Waals surface area contributed by atoms with E-state index >= 15 is 0 Å². The van der Waals surface area contributed by atoms with Gasteiger partial charge in [0.1, 0.15) is 0 Å². The number of methoxy groups -OCH3 is 2. The van der Waals surface area contributed by atoms with E-state index in [0.29, 0.717) is 17.1 Å². The van der Waals surface area contributed by atoms with Crippen molar-refractivity contribution in [3.05, 3.63) is 30.1 Å². The normalized spacial score (nSPS) is 10.1. The predicted octanol–water partition coefficient (Wildman–Crippen LogP) is 1.79. The summed E-state index contributed by atoms with van der Waals surface area (Å²) in [6.07, 6.45) is 3.24. The molecule has 6 heteroatoms. The van der Waals surface area contributed by atoms with Crippen molar-refractivity contribution in [1.29, 1.82) is 0 Å². The van der Waals surface area contributed by atoms with Gasteiger partial charge in [-0.05, 0) is 12.1 Å². The Morgan fingerprint density at radius 2 is 2.11 bits per heavy atom. The fraction of sp³-hybridized carbons (Fsp3) is 0.167. The molecule has 6 nitrogen and oxygen atoms in total. The number of ether oxygens (including phenoxy) is 2. The zero-order valence-corrected chi connectivity index (χ0v) is 9.93. The second-order valence-corrected chi connectivity index (χ2v) is 3.55. The molecule has 0 saturated carbocycles. The topological polar surface area (TPSA) is 84.4 Å². The molecule has 0 unspecified atom stereocenters. The highest BCUT2D eigenvalue weighted by atomic mass is 16.5. The number of aromatic nitrogens is 2. The van der Waals surface area contributed by atoms with Gasteiger partial charge in [0.15, 0.2) is 11.5 Å². The van der Waals surface area contributed by atoms with Crippen LogP contribution in [0, 0.1) is 0 Å². The van der Waals surface area contributed by atoms with Crippen LogP contribution in [0.2, 0.25) is 0 Å². The van der Waals surface area contributed by atoms with Gasteiger partial charge in [0, 0.05) is 17.3 Å². The maximum atomic E-state index is 11.1. The monoisotopic (exact) mass is 248 g/mol. The molecule has 0 bridgehead atoms. The summed E-state index contributed by atoms with van der Waals surface area (Å²) in [7, 11) is 2.96. The number of carboxylic acids is 1. The van der Waals surface area contributed by atoms with Crippen molar-refractivity contribution in [2.45, 2.75) is 0 Å². The number of aromatic amines is 1. The lowest BCUT2D eigenvalue weighted by Crippen LogP contribution is -2.00. The van der Waals surface area contributed by atoms with Gasteiger partial charge in [-0.25, -0.2) is 4.79 Å². The van der Waals surface area contributed by atoms with Crippen LogP contribution < -0.4 is 9.47 Å². The van der Waals surface area contributed by atoms with Gasteiger partial charge in [-0.2, -0.15) is 5.10 Å². The number of rotatable bonds is 4. The molecule has 2 N–H and O–H groups in total. The molecule has 2 rings (SSSR count). The molecule has 0 aliphatic heterocycles. The Morgan fingerprint density at radius 1 is 1.33 bits per heavy atom. The van der Waals surface area contributed by atoms with Crippen molar-refractivity contribution in [1.82, 2.24) is 10.2 Å². The van der Waals surface area contributed by atoms with Crippen LogP contribution in [-0.2, 0) is 0 Å². The number of carbonyl (C=O) groups is 1. The maximum absolute atomic E-state index is 11.1. The maximum Gasteiger partial charge on any atom is 0.335 e. The summed E-state index contributed by atoms with van der Waals surface area (Å²) in [5.41, 5.74) is 1.47. The minimum Gasteiger partial charge on any atom is -0.493 e. The average molecular weight is 248 g/mol. The SMILES string of the molecule is COc1cc(C(=O)O)cc(-c2cn[nH]c2)c1OC.